The van der Waals surface area contributed by atoms with Gasteiger partial charge in [0.2, 0.25) is 5.69 Å². The third kappa shape index (κ3) is 8.59. The smallest absolute Gasteiger partial charge is 0.341 e. The fraction of sp³-hybridized carbons (Fsp3) is 0.346. The second kappa shape index (κ2) is 16.9. The van der Waals surface area contributed by atoms with Crippen LogP contribution in [0.3, 0.4) is 0 Å². The van der Waals surface area contributed by atoms with Crippen LogP contribution in [0, 0.1) is 33.5 Å². The van der Waals surface area contributed by atoms with Gasteiger partial charge in [-0.25, -0.2) is 9.18 Å². The number of aryl methyl sites for hydroxylation is 4. The lowest BCUT2D eigenvalue weighted by atomic mass is 9.78. The fourth-order valence-corrected chi connectivity index (χ4v) is 10.4. The first-order valence-electron chi connectivity index (χ1n) is 21.4. The second-order valence-electron chi connectivity index (χ2n) is 18.1. The third-order valence-corrected chi connectivity index (χ3v) is 13.4. The van der Waals surface area contributed by atoms with Crippen molar-refractivity contribution in [2.24, 2.45) is 0 Å². The fourth-order valence-electron chi connectivity index (χ4n) is 9.88. The van der Waals surface area contributed by atoms with E-state index < -0.39 is 39.3 Å². The van der Waals surface area contributed by atoms with Crippen molar-refractivity contribution in [3.8, 4) is 5.75 Å². The number of halogens is 1. The Morgan fingerprint density at radius 1 is 0.839 bits per heavy atom. The van der Waals surface area contributed by atoms with Gasteiger partial charge in [-0.1, -0.05) is 74.7 Å². The van der Waals surface area contributed by atoms with Crippen molar-refractivity contribution in [3.05, 3.63) is 141 Å². The molecule has 7 rings (SSSR count). The van der Waals surface area contributed by atoms with Crippen molar-refractivity contribution >= 4 is 60.3 Å². The van der Waals surface area contributed by atoms with E-state index >= 15 is 4.39 Å². The largest absolute Gasteiger partial charge is 0.482 e. The number of carboxylic acid groups (broad SMARTS) is 1. The molecule has 5 aromatic carbocycles. The van der Waals surface area contributed by atoms with Gasteiger partial charge in [0.15, 0.2) is 12.3 Å². The molecule has 8 nitrogen and oxygen atoms in total. The minimum atomic E-state index is -4.20. The zero-order chi connectivity index (χ0) is 44.9. The van der Waals surface area contributed by atoms with Gasteiger partial charge >= 0.3 is 5.97 Å². The number of unbranched alkanes of at least 4 members (excludes halogenated alkanes) is 1. The molecule has 0 fully saturated rings. The molecule has 0 saturated heterocycles. The Labute approximate surface area is 365 Å². The summed E-state index contributed by atoms with van der Waals surface area (Å²) in [5, 5.41) is 14.1. The number of carboxylic acids is 1. The molecule has 0 aromatic heterocycles. The molecular weight excluding hydrogens is 800 g/mol. The molecule has 0 spiro atoms. The van der Waals surface area contributed by atoms with Gasteiger partial charge in [-0.05, 0) is 134 Å². The van der Waals surface area contributed by atoms with Gasteiger partial charge in [-0.15, -0.1) is 0 Å². The molecule has 0 amide bonds. The molecule has 10 heteroatoms. The Bertz CT molecular complexity index is 2880. The van der Waals surface area contributed by atoms with E-state index in [0.717, 1.165) is 63.9 Å². The van der Waals surface area contributed by atoms with Gasteiger partial charge in [0, 0.05) is 53.5 Å². The van der Waals surface area contributed by atoms with E-state index in [9.17, 15) is 22.9 Å². The van der Waals surface area contributed by atoms with Gasteiger partial charge in [0.25, 0.3) is 10.1 Å². The molecule has 324 valence electrons. The van der Waals surface area contributed by atoms with E-state index in [0.29, 0.717) is 17.7 Å². The first-order chi connectivity index (χ1) is 29.2. The molecular formula is C52H58FN2O6S+. The number of fused-ring (bicyclic) bond motifs is 6. The topological polar surface area (TPSA) is 107 Å². The lowest BCUT2D eigenvalue weighted by molar-refractivity contribution is -0.437. The minimum Gasteiger partial charge on any atom is -0.482 e. The number of ether oxygens (including phenoxy) is 1. The molecule has 5 aromatic rings. The molecule has 62 heavy (non-hydrogen) atoms. The molecule has 0 bridgehead atoms. The summed E-state index contributed by atoms with van der Waals surface area (Å²) in [6, 6.07) is 21.8. The zero-order valence-corrected chi connectivity index (χ0v) is 38.1. The number of nitrogens with zero attached hydrogens (tertiary/aromatic N) is 2. The molecule has 0 saturated carbocycles. The number of anilines is 1. The van der Waals surface area contributed by atoms with Crippen LogP contribution in [-0.2, 0) is 25.7 Å². The van der Waals surface area contributed by atoms with E-state index in [4.69, 9.17) is 4.74 Å². The van der Waals surface area contributed by atoms with Crippen molar-refractivity contribution in [2.75, 3.05) is 30.3 Å². The summed E-state index contributed by atoms with van der Waals surface area (Å²) in [7, 11) is -4.20. The van der Waals surface area contributed by atoms with Crippen LogP contribution in [0.4, 0.5) is 15.8 Å². The minimum absolute atomic E-state index is 0.0926. The van der Waals surface area contributed by atoms with E-state index in [1.165, 1.54) is 45.3 Å². The van der Waals surface area contributed by atoms with Crippen molar-refractivity contribution in [2.45, 2.75) is 92.4 Å². The van der Waals surface area contributed by atoms with Crippen molar-refractivity contribution in [1.29, 1.82) is 0 Å². The molecule has 2 aliphatic rings. The van der Waals surface area contributed by atoms with Crippen LogP contribution in [0.25, 0.3) is 27.1 Å². The average molecular weight is 858 g/mol. The van der Waals surface area contributed by atoms with Crippen LogP contribution >= 0.6 is 0 Å². The molecule has 2 heterocycles. The van der Waals surface area contributed by atoms with E-state index in [1.54, 1.807) is 6.07 Å². The van der Waals surface area contributed by atoms with Gasteiger partial charge in [0.1, 0.15) is 18.1 Å². The van der Waals surface area contributed by atoms with Crippen LogP contribution < -0.4 is 9.64 Å². The summed E-state index contributed by atoms with van der Waals surface area (Å²) in [6.07, 6.45) is 10.3. The summed E-state index contributed by atoms with van der Waals surface area (Å²) in [6.45, 7) is 20.0. The second-order valence-corrected chi connectivity index (χ2v) is 19.6. The first-order valence-corrected chi connectivity index (χ1v) is 23.0. The van der Waals surface area contributed by atoms with E-state index in [2.05, 4.69) is 126 Å². The van der Waals surface area contributed by atoms with Crippen molar-refractivity contribution < 1.29 is 36.6 Å². The number of carbonyl (C=O) groups is 1. The summed E-state index contributed by atoms with van der Waals surface area (Å²) >= 11 is 0. The van der Waals surface area contributed by atoms with Gasteiger partial charge in [-0.2, -0.15) is 13.0 Å². The van der Waals surface area contributed by atoms with Gasteiger partial charge in [-0.3, -0.25) is 4.55 Å². The first kappa shape index (κ1) is 44.5. The highest BCUT2D eigenvalue weighted by Gasteiger charge is 2.46. The monoisotopic (exact) mass is 857 g/mol. The van der Waals surface area contributed by atoms with Crippen molar-refractivity contribution in [3.63, 3.8) is 0 Å². The number of allylic oxidation sites excluding steroid dienone is 6. The quantitative estimate of drug-likeness (QED) is 0.0650. The van der Waals surface area contributed by atoms with Crippen LogP contribution in [-0.4, -0.2) is 59.8 Å². The maximum Gasteiger partial charge on any atom is 0.341 e. The lowest BCUT2D eigenvalue weighted by Crippen LogP contribution is -2.28. The number of hydrogen-bond donors (Lipinski definition) is 2. The molecule has 0 atom stereocenters. The Hall–Kier alpha value is -5.58. The standard InChI is InChI=1S/C52H57FN2O6S/c1-10-11-21-54-44-17-15-40-34(4)24-32(2)26-42(40)49(44)51(6,7)46(54)19-13-36(37-28-38(53)30-39(29-37)61-31-48(56)57)14-20-47-52(8,9)50-43-27-33(3)25-35(5)41(43)16-18-45(50)55(47)22-12-23-62(58,59)60/h13-20,24-30H,10-12,21-23,31H2,1-9H3,(H-,56,57,58,59,60)/p+1. The number of rotatable bonds is 14. The van der Waals surface area contributed by atoms with Crippen molar-refractivity contribution in [1.82, 2.24) is 0 Å². The van der Waals surface area contributed by atoms with Gasteiger partial charge in [0.05, 0.1) is 11.2 Å². The molecule has 0 unspecified atom stereocenters. The SMILES string of the molecule is CCCCN1C(=CC=C(C=CC2=[N+](CCCS(=O)(=O)O)c3ccc4c(C)cc(C)cc4c3C2(C)C)c2cc(F)cc(OCC(=O)O)c2)C(C)(C)c2c1ccc1c(C)cc(C)cc21. The van der Waals surface area contributed by atoms with E-state index in [-0.39, 0.29) is 17.9 Å². The summed E-state index contributed by atoms with van der Waals surface area (Å²) in [4.78, 5) is 13.9. The molecule has 0 aliphatic carbocycles. The van der Waals surface area contributed by atoms with E-state index in [1.807, 2.05) is 18.2 Å². The molecule has 2 aliphatic heterocycles. The van der Waals surface area contributed by atoms with Crippen LogP contribution in [0.2, 0.25) is 0 Å². The summed E-state index contributed by atoms with van der Waals surface area (Å²) in [5.74, 6) is -2.04. The number of hydrogen-bond acceptors (Lipinski definition) is 5. The summed E-state index contributed by atoms with van der Waals surface area (Å²) < 4.78 is 56.7. The third-order valence-electron chi connectivity index (χ3n) is 12.6. The summed E-state index contributed by atoms with van der Waals surface area (Å²) in [5.41, 5.74) is 11.4. The Morgan fingerprint density at radius 2 is 1.48 bits per heavy atom. The normalized spacial score (nSPS) is 16.6. The number of aliphatic carboxylic acids is 1. The van der Waals surface area contributed by atoms with Gasteiger partial charge < -0.3 is 14.7 Å². The lowest BCUT2D eigenvalue weighted by Gasteiger charge is -2.27. The molecule has 0 radical (unpaired) electrons. The highest BCUT2D eigenvalue weighted by Crippen LogP contribution is 2.52. The predicted octanol–water partition coefficient (Wildman–Crippen LogP) is 11.6. The highest BCUT2D eigenvalue weighted by atomic mass is 32.2. The Kier molecular flexibility index (Phi) is 12.2. The maximum absolute atomic E-state index is 15.5. The van der Waals surface area contributed by atoms with Crippen LogP contribution in [0.15, 0.2) is 96.7 Å². The highest BCUT2D eigenvalue weighted by molar-refractivity contribution is 7.85. The van der Waals surface area contributed by atoms with Crippen LogP contribution in [0.5, 0.6) is 5.75 Å². The Morgan fingerprint density at radius 3 is 2.11 bits per heavy atom. The number of benzene rings is 5. The average Bonchev–Trinajstić information content (AvgIpc) is 3.53. The molecule has 2 N–H and O–H groups in total. The predicted molar refractivity (Wildman–Crippen MR) is 251 cm³/mol. The zero-order valence-electron chi connectivity index (χ0n) is 37.3. The Balaban J connectivity index is 1.43. The van der Waals surface area contributed by atoms with Crippen LogP contribution in [0.1, 0.15) is 92.8 Å². The maximum atomic E-state index is 15.5.